The van der Waals surface area contributed by atoms with Crippen LogP contribution < -0.4 is 5.73 Å². The van der Waals surface area contributed by atoms with Crippen molar-refractivity contribution in [1.82, 2.24) is 4.90 Å². The van der Waals surface area contributed by atoms with Gasteiger partial charge in [-0.05, 0) is 31.0 Å². The van der Waals surface area contributed by atoms with E-state index in [1.54, 1.807) is 0 Å². The van der Waals surface area contributed by atoms with Gasteiger partial charge in [-0.3, -0.25) is 4.79 Å². The number of nitrogens with two attached hydrogens (primary N) is 1. The highest BCUT2D eigenvalue weighted by Crippen LogP contribution is 2.21. The molecule has 90 valence electrons. The lowest BCUT2D eigenvalue weighted by Gasteiger charge is -2.26. The molecule has 3 nitrogen and oxygen atoms in total. The first-order valence-corrected chi connectivity index (χ1v) is 5.97. The Labute approximate surface area is 102 Å². The van der Waals surface area contributed by atoms with Crippen LogP contribution in [0.2, 0.25) is 0 Å². The first kappa shape index (κ1) is 11.7. The van der Waals surface area contributed by atoms with Gasteiger partial charge in [0.25, 0.3) is 0 Å². The topological polar surface area (TPSA) is 46.3 Å². The van der Waals surface area contributed by atoms with E-state index in [0.717, 1.165) is 25.1 Å². The molecule has 1 aromatic carbocycles. The molecule has 17 heavy (non-hydrogen) atoms. The summed E-state index contributed by atoms with van der Waals surface area (Å²) in [5.74, 6) is 0.0601. The minimum absolute atomic E-state index is 0.120. The van der Waals surface area contributed by atoms with Crippen molar-refractivity contribution in [2.24, 2.45) is 0 Å². The molecule has 1 heterocycles. The molecule has 0 bridgehead atoms. The lowest BCUT2D eigenvalue weighted by molar-refractivity contribution is -0.132. The van der Waals surface area contributed by atoms with Gasteiger partial charge in [0.1, 0.15) is 0 Å². The van der Waals surface area contributed by atoms with Crippen LogP contribution in [0.3, 0.4) is 0 Å². The van der Waals surface area contributed by atoms with Crippen molar-refractivity contribution in [2.45, 2.75) is 19.3 Å². The number of hydrogen-bond donors (Lipinski definition) is 1. The van der Waals surface area contributed by atoms with Crippen LogP contribution in [0.15, 0.2) is 36.4 Å². The molecule has 0 radical (unpaired) electrons. The molecule has 1 aliphatic rings. The Balaban J connectivity index is 2.11. The highest BCUT2D eigenvalue weighted by atomic mass is 16.2. The van der Waals surface area contributed by atoms with E-state index >= 15 is 0 Å². The fourth-order valence-corrected chi connectivity index (χ4v) is 2.09. The normalized spacial score (nSPS) is 16.9. The Hall–Kier alpha value is -1.77. The molecule has 1 aliphatic heterocycles. The number of amides is 1. The van der Waals surface area contributed by atoms with E-state index in [0.29, 0.717) is 5.69 Å². The zero-order valence-electron chi connectivity index (χ0n) is 10.1. The SMILES string of the molecule is CC(C(=O)N1CC=CCC1)c1cccc(N)c1. The number of anilines is 1. The molecule has 1 amide bonds. The van der Waals surface area contributed by atoms with E-state index < -0.39 is 0 Å². The van der Waals surface area contributed by atoms with Gasteiger partial charge in [-0.1, -0.05) is 24.3 Å². The molecule has 0 saturated heterocycles. The molecular formula is C14H18N2O. The maximum Gasteiger partial charge on any atom is 0.230 e. The van der Waals surface area contributed by atoms with Gasteiger partial charge in [0.15, 0.2) is 0 Å². The zero-order valence-corrected chi connectivity index (χ0v) is 10.1. The first-order valence-electron chi connectivity index (χ1n) is 5.97. The molecule has 2 N–H and O–H groups in total. The fourth-order valence-electron chi connectivity index (χ4n) is 2.09. The van der Waals surface area contributed by atoms with Gasteiger partial charge < -0.3 is 10.6 Å². The first-order chi connectivity index (χ1) is 8.18. The van der Waals surface area contributed by atoms with Gasteiger partial charge in [-0.2, -0.15) is 0 Å². The van der Waals surface area contributed by atoms with E-state index in [4.69, 9.17) is 5.73 Å². The molecular weight excluding hydrogens is 212 g/mol. The summed E-state index contributed by atoms with van der Waals surface area (Å²) < 4.78 is 0. The Morgan fingerprint density at radius 1 is 1.41 bits per heavy atom. The molecule has 0 aliphatic carbocycles. The summed E-state index contributed by atoms with van der Waals surface area (Å²) in [4.78, 5) is 14.2. The van der Waals surface area contributed by atoms with Crippen LogP contribution in [0.5, 0.6) is 0 Å². The van der Waals surface area contributed by atoms with Gasteiger partial charge in [0.05, 0.1) is 5.92 Å². The van der Waals surface area contributed by atoms with Gasteiger partial charge in [0, 0.05) is 18.8 Å². The quantitative estimate of drug-likeness (QED) is 0.625. The highest BCUT2D eigenvalue weighted by molar-refractivity contribution is 5.83. The number of carbonyl (C=O) groups excluding carboxylic acids is 1. The minimum Gasteiger partial charge on any atom is -0.399 e. The Kier molecular flexibility index (Phi) is 3.47. The molecule has 3 heteroatoms. The second kappa shape index (κ2) is 5.04. The molecule has 0 fully saturated rings. The molecule has 0 aromatic heterocycles. The number of benzene rings is 1. The molecule has 2 rings (SSSR count). The molecule has 0 spiro atoms. The van der Waals surface area contributed by atoms with E-state index in [-0.39, 0.29) is 11.8 Å². The standard InChI is InChI=1S/C14H18N2O/c1-11(12-6-5-7-13(15)10-12)14(17)16-8-3-2-4-9-16/h2-3,5-7,10-11H,4,8-9,15H2,1H3. The van der Waals surface area contributed by atoms with Crippen LogP contribution in [0.25, 0.3) is 0 Å². The summed E-state index contributed by atoms with van der Waals surface area (Å²) in [5.41, 5.74) is 7.44. The van der Waals surface area contributed by atoms with Gasteiger partial charge in [0.2, 0.25) is 5.91 Å². The monoisotopic (exact) mass is 230 g/mol. The van der Waals surface area contributed by atoms with E-state index in [1.165, 1.54) is 0 Å². The van der Waals surface area contributed by atoms with E-state index in [1.807, 2.05) is 42.2 Å². The van der Waals surface area contributed by atoms with Crippen molar-refractivity contribution < 1.29 is 4.79 Å². The molecule has 1 atom stereocenters. The Bertz CT molecular complexity index is 440. The average Bonchev–Trinajstić information content (AvgIpc) is 2.38. The summed E-state index contributed by atoms with van der Waals surface area (Å²) >= 11 is 0. The third-order valence-electron chi connectivity index (χ3n) is 3.15. The van der Waals surface area contributed by atoms with Crippen LogP contribution in [0.1, 0.15) is 24.8 Å². The molecule has 1 aromatic rings. The van der Waals surface area contributed by atoms with Crippen LogP contribution >= 0.6 is 0 Å². The van der Waals surface area contributed by atoms with Gasteiger partial charge >= 0.3 is 0 Å². The summed E-state index contributed by atoms with van der Waals surface area (Å²) in [5, 5.41) is 0. The van der Waals surface area contributed by atoms with Crippen LogP contribution in [0, 0.1) is 0 Å². The largest absolute Gasteiger partial charge is 0.399 e. The highest BCUT2D eigenvalue weighted by Gasteiger charge is 2.21. The number of carbonyl (C=O) groups is 1. The van der Waals surface area contributed by atoms with Gasteiger partial charge in [-0.25, -0.2) is 0 Å². The zero-order chi connectivity index (χ0) is 12.3. The van der Waals surface area contributed by atoms with Crippen molar-refractivity contribution in [3.8, 4) is 0 Å². The summed E-state index contributed by atoms with van der Waals surface area (Å²) in [7, 11) is 0. The predicted molar refractivity (Wildman–Crippen MR) is 69.6 cm³/mol. The third kappa shape index (κ3) is 2.67. The number of nitrogens with zero attached hydrogens (tertiary/aromatic N) is 1. The van der Waals surface area contributed by atoms with Crippen molar-refractivity contribution in [3.05, 3.63) is 42.0 Å². The molecule has 0 saturated carbocycles. The van der Waals surface area contributed by atoms with Crippen molar-refractivity contribution >= 4 is 11.6 Å². The number of rotatable bonds is 2. The average molecular weight is 230 g/mol. The van der Waals surface area contributed by atoms with Crippen LogP contribution in [0.4, 0.5) is 5.69 Å². The van der Waals surface area contributed by atoms with Crippen LogP contribution in [-0.2, 0) is 4.79 Å². The lowest BCUT2D eigenvalue weighted by atomic mass is 9.98. The maximum absolute atomic E-state index is 12.3. The van der Waals surface area contributed by atoms with E-state index in [2.05, 4.69) is 6.08 Å². The van der Waals surface area contributed by atoms with Gasteiger partial charge in [-0.15, -0.1) is 0 Å². The number of nitrogen functional groups attached to an aromatic ring is 1. The summed E-state index contributed by atoms with van der Waals surface area (Å²) in [6.07, 6.45) is 5.12. The Morgan fingerprint density at radius 3 is 2.88 bits per heavy atom. The number of hydrogen-bond acceptors (Lipinski definition) is 2. The van der Waals surface area contributed by atoms with Crippen molar-refractivity contribution in [1.29, 1.82) is 0 Å². The smallest absolute Gasteiger partial charge is 0.230 e. The third-order valence-corrected chi connectivity index (χ3v) is 3.15. The second-order valence-electron chi connectivity index (χ2n) is 4.44. The second-order valence-corrected chi connectivity index (χ2v) is 4.44. The van der Waals surface area contributed by atoms with Crippen molar-refractivity contribution in [2.75, 3.05) is 18.8 Å². The lowest BCUT2D eigenvalue weighted by Crippen LogP contribution is -2.36. The van der Waals surface area contributed by atoms with E-state index in [9.17, 15) is 4.79 Å². The fraction of sp³-hybridized carbons (Fsp3) is 0.357. The minimum atomic E-state index is -0.120. The summed E-state index contributed by atoms with van der Waals surface area (Å²) in [6.45, 7) is 3.49. The maximum atomic E-state index is 12.3. The predicted octanol–water partition coefficient (Wildman–Crippen LogP) is 2.16. The van der Waals surface area contributed by atoms with Crippen molar-refractivity contribution in [3.63, 3.8) is 0 Å². The van der Waals surface area contributed by atoms with Crippen LogP contribution in [-0.4, -0.2) is 23.9 Å². The molecule has 1 unspecified atom stereocenters. The Morgan fingerprint density at radius 2 is 2.24 bits per heavy atom. The summed E-state index contributed by atoms with van der Waals surface area (Å²) in [6, 6.07) is 7.57.